The van der Waals surface area contributed by atoms with E-state index >= 15 is 0 Å². The van der Waals surface area contributed by atoms with Crippen LogP contribution in [0, 0.1) is 0 Å². The SMILES string of the molecule is O=C(O)[C@@H](CO)NC(=O)C(F)(F)C(F)(F)C(F)(F)C(F)(F)C(=O)N[C@H](CO)C(=O)O. The molecular weight excluding hydrogens is 452 g/mol. The van der Waals surface area contributed by atoms with Gasteiger partial charge in [0.15, 0.2) is 12.1 Å². The molecule has 6 N–H and O–H groups in total. The van der Waals surface area contributed by atoms with Crippen molar-refractivity contribution in [1.29, 1.82) is 0 Å². The normalized spacial score (nSPS) is 15.1. The van der Waals surface area contributed by atoms with Crippen molar-refractivity contribution in [2.24, 2.45) is 0 Å². The number of halogens is 8. The molecule has 0 aromatic rings. The second-order valence-electron chi connectivity index (χ2n) is 5.39. The van der Waals surface area contributed by atoms with E-state index in [1.165, 1.54) is 0 Å². The Labute approximate surface area is 159 Å². The third kappa shape index (κ3) is 4.69. The van der Waals surface area contributed by atoms with Crippen molar-refractivity contribution in [3.63, 3.8) is 0 Å². The molecule has 0 aromatic heterocycles. The second kappa shape index (κ2) is 8.94. The van der Waals surface area contributed by atoms with Gasteiger partial charge in [0.1, 0.15) is 0 Å². The number of rotatable bonds is 11. The predicted octanol–water partition coefficient (Wildman–Crippen LogP) is -1.35. The highest BCUT2D eigenvalue weighted by molar-refractivity contribution is 5.91. The molecule has 0 saturated carbocycles. The maximum Gasteiger partial charge on any atom is 0.392 e. The van der Waals surface area contributed by atoms with E-state index in [-0.39, 0.29) is 0 Å². The zero-order valence-corrected chi connectivity index (χ0v) is 14.0. The van der Waals surface area contributed by atoms with Crippen LogP contribution in [-0.2, 0) is 19.2 Å². The van der Waals surface area contributed by atoms with Gasteiger partial charge in [-0.05, 0) is 0 Å². The number of amides is 2. The van der Waals surface area contributed by atoms with Crippen LogP contribution in [0.4, 0.5) is 35.1 Å². The molecule has 0 heterocycles. The van der Waals surface area contributed by atoms with Gasteiger partial charge in [-0.25, -0.2) is 9.59 Å². The van der Waals surface area contributed by atoms with Gasteiger partial charge in [0.05, 0.1) is 13.2 Å². The third-order valence-electron chi connectivity index (χ3n) is 3.33. The Kier molecular flexibility index (Phi) is 8.12. The number of aliphatic carboxylic acids is 2. The van der Waals surface area contributed by atoms with Crippen LogP contribution in [0.3, 0.4) is 0 Å². The summed E-state index contributed by atoms with van der Waals surface area (Å²) in [5, 5.41) is 34.9. The Morgan fingerprint density at radius 1 is 0.633 bits per heavy atom. The summed E-state index contributed by atoms with van der Waals surface area (Å²) in [7, 11) is 0. The van der Waals surface area contributed by atoms with Crippen LogP contribution < -0.4 is 10.6 Å². The molecule has 0 aromatic carbocycles. The van der Waals surface area contributed by atoms with Crippen LogP contribution in [0.2, 0.25) is 0 Å². The van der Waals surface area contributed by atoms with E-state index in [2.05, 4.69) is 0 Å². The molecule has 0 unspecified atom stereocenters. The zero-order valence-electron chi connectivity index (χ0n) is 14.0. The lowest BCUT2D eigenvalue weighted by Crippen LogP contribution is -2.70. The molecule has 174 valence electrons. The highest BCUT2D eigenvalue weighted by Crippen LogP contribution is 2.52. The third-order valence-corrected chi connectivity index (χ3v) is 3.33. The lowest BCUT2D eigenvalue weighted by molar-refractivity contribution is -0.347. The van der Waals surface area contributed by atoms with Crippen LogP contribution in [0.25, 0.3) is 0 Å². The number of aliphatic hydroxyl groups excluding tert-OH is 2. The topological polar surface area (TPSA) is 173 Å². The van der Waals surface area contributed by atoms with Crippen LogP contribution in [-0.4, -0.2) is 93.2 Å². The average molecular weight is 464 g/mol. The molecule has 2 amide bonds. The monoisotopic (exact) mass is 464 g/mol. The van der Waals surface area contributed by atoms with Crippen LogP contribution in [0.1, 0.15) is 0 Å². The summed E-state index contributed by atoms with van der Waals surface area (Å²) in [6, 6.07) is -5.42. The maximum atomic E-state index is 13.6. The minimum absolute atomic E-state index is 0.514. The van der Waals surface area contributed by atoms with Crippen molar-refractivity contribution in [3.8, 4) is 0 Å². The van der Waals surface area contributed by atoms with Crippen molar-refractivity contribution < 1.29 is 74.7 Å². The number of carbonyl (C=O) groups is 4. The summed E-state index contributed by atoms with van der Waals surface area (Å²) < 4.78 is 109. The molecule has 0 spiro atoms. The number of hydrogen-bond donors (Lipinski definition) is 6. The fourth-order valence-electron chi connectivity index (χ4n) is 1.55. The second-order valence-corrected chi connectivity index (χ2v) is 5.39. The Hall–Kier alpha value is -2.76. The van der Waals surface area contributed by atoms with E-state index in [0.717, 1.165) is 0 Å². The van der Waals surface area contributed by atoms with E-state index < -0.39 is 72.7 Å². The molecule has 0 aliphatic rings. The first-order valence-corrected chi connectivity index (χ1v) is 7.13. The molecule has 0 rings (SSSR count). The van der Waals surface area contributed by atoms with Crippen LogP contribution >= 0.6 is 0 Å². The van der Waals surface area contributed by atoms with Gasteiger partial charge in [0, 0.05) is 0 Å². The summed E-state index contributed by atoms with van der Waals surface area (Å²) in [6.07, 6.45) is 0. The van der Waals surface area contributed by atoms with Crippen molar-refractivity contribution in [2.75, 3.05) is 13.2 Å². The first kappa shape index (κ1) is 27.2. The quantitative estimate of drug-likeness (QED) is 0.204. The van der Waals surface area contributed by atoms with E-state index in [9.17, 15) is 54.3 Å². The minimum atomic E-state index is -7.35. The van der Waals surface area contributed by atoms with Crippen molar-refractivity contribution >= 4 is 23.8 Å². The molecule has 0 fully saturated rings. The summed E-state index contributed by atoms with van der Waals surface area (Å²) in [6.45, 7) is -3.37. The molecular formula is C12H12F8N2O8. The van der Waals surface area contributed by atoms with Crippen molar-refractivity contribution in [2.45, 2.75) is 35.8 Å². The van der Waals surface area contributed by atoms with Crippen molar-refractivity contribution in [1.82, 2.24) is 10.6 Å². The first-order chi connectivity index (χ1) is 13.3. The van der Waals surface area contributed by atoms with E-state index in [1.807, 2.05) is 0 Å². The van der Waals surface area contributed by atoms with E-state index in [1.54, 1.807) is 0 Å². The van der Waals surface area contributed by atoms with Gasteiger partial charge < -0.3 is 31.1 Å². The predicted molar refractivity (Wildman–Crippen MR) is 73.1 cm³/mol. The lowest BCUT2D eigenvalue weighted by Gasteiger charge is -2.35. The average Bonchev–Trinajstić information content (AvgIpc) is 2.62. The van der Waals surface area contributed by atoms with Gasteiger partial charge in [-0.15, -0.1) is 0 Å². The van der Waals surface area contributed by atoms with Crippen molar-refractivity contribution in [3.05, 3.63) is 0 Å². The molecule has 2 atom stereocenters. The molecule has 0 aliphatic heterocycles. The highest BCUT2D eigenvalue weighted by Gasteiger charge is 2.84. The molecule has 0 saturated heterocycles. The molecule has 30 heavy (non-hydrogen) atoms. The molecule has 0 radical (unpaired) electrons. The standard InChI is InChI=1S/C12H12F8N2O8/c13-9(14,7(29)21-3(1-23)5(25)26)11(17,18)12(19,20)10(15,16)8(30)22-4(2-24)6(27)28/h3-4,23-24H,1-2H2,(H,21,29)(H,22,30)(H,25,26)(H,27,28)/t3-,4-/m1/s1. The number of hydrogen-bond acceptors (Lipinski definition) is 6. The maximum absolute atomic E-state index is 13.6. The molecule has 0 bridgehead atoms. The Balaban J connectivity index is 6.01. The van der Waals surface area contributed by atoms with Gasteiger partial charge in [-0.1, -0.05) is 0 Å². The number of aliphatic hydroxyl groups is 2. The Morgan fingerprint density at radius 2 is 0.867 bits per heavy atom. The molecule has 10 nitrogen and oxygen atoms in total. The Bertz CT molecular complexity index is 644. The number of carbonyl (C=O) groups excluding carboxylic acids is 2. The van der Waals surface area contributed by atoms with Gasteiger partial charge in [-0.3, -0.25) is 9.59 Å². The Morgan fingerprint density at radius 3 is 1.03 bits per heavy atom. The summed E-state index contributed by atoms with van der Waals surface area (Å²) in [5.74, 6) is -39.8. The summed E-state index contributed by atoms with van der Waals surface area (Å²) in [5.41, 5.74) is 0. The van der Waals surface area contributed by atoms with Crippen LogP contribution in [0.5, 0.6) is 0 Å². The zero-order chi connectivity index (χ0) is 24.3. The highest BCUT2D eigenvalue weighted by atomic mass is 19.4. The lowest BCUT2D eigenvalue weighted by atomic mass is 9.97. The number of carboxylic acid groups (broad SMARTS) is 2. The van der Waals surface area contributed by atoms with E-state index in [0.29, 0.717) is 10.6 Å². The number of carboxylic acids is 2. The number of alkyl halides is 8. The van der Waals surface area contributed by atoms with Crippen LogP contribution in [0.15, 0.2) is 0 Å². The van der Waals surface area contributed by atoms with E-state index in [4.69, 9.17) is 20.4 Å². The van der Waals surface area contributed by atoms with Gasteiger partial charge >= 0.3 is 35.6 Å². The number of nitrogens with one attached hydrogen (secondary N) is 2. The van der Waals surface area contributed by atoms with Gasteiger partial charge in [-0.2, -0.15) is 35.1 Å². The summed E-state index contributed by atoms with van der Waals surface area (Å²) in [4.78, 5) is 43.2. The smallest absolute Gasteiger partial charge is 0.392 e. The minimum Gasteiger partial charge on any atom is -0.480 e. The largest absolute Gasteiger partial charge is 0.480 e. The van der Waals surface area contributed by atoms with Gasteiger partial charge in [0.2, 0.25) is 0 Å². The molecule has 0 aliphatic carbocycles. The first-order valence-electron chi connectivity index (χ1n) is 7.13. The summed E-state index contributed by atoms with van der Waals surface area (Å²) >= 11 is 0. The fraction of sp³-hybridized carbons (Fsp3) is 0.667. The van der Waals surface area contributed by atoms with Gasteiger partial charge in [0.25, 0.3) is 11.8 Å². The molecule has 18 heteroatoms. The fourth-order valence-corrected chi connectivity index (χ4v) is 1.55.